The molecule has 0 aromatic heterocycles. The molecule has 0 heterocycles. The smallest absolute Gasteiger partial charge is 0.0488 e. The van der Waals surface area contributed by atoms with Crippen molar-refractivity contribution in [1.29, 1.82) is 0 Å². The average Bonchev–Trinajstić information content (AvgIpc) is 2.78. The van der Waals surface area contributed by atoms with Crippen molar-refractivity contribution in [2.75, 3.05) is 11.9 Å². The highest BCUT2D eigenvalue weighted by atomic mass is 15.1. The Kier molecular flexibility index (Phi) is 4.06. The first-order valence-electron chi connectivity index (χ1n) is 9.61. The van der Waals surface area contributed by atoms with Crippen LogP contribution < -0.4 is 4.90 Å². The summed E-state index contributed by atoms with van der Waals surface area (Å²) < 4.78 is 0. The summed E-state index contributed by atoms with van der Waals surface area (Å²) in [5.41, 5.74) is 4.92. The van der Waals surface area contributed by atoms with Crippen molar-refractivity contribution in [3.63, 3.8) is 0 Å². The predicted octanol–water partition coefficient (Wildman–Crippen LogP) is 7.43. The van der Waals surface area contributed by atoms with Crippen LogP contribution in [-0.2, 0) is 0 Å². The fourth-order valence-electron chi connectivity index (χ4n) is 3.97. The van der Waals surface area contributed by atoms with Gasteiger partial charge in [0.15, 0.2) is 0 Å². The minimum atomic E-state index is 1.19. The zero-order chi connectivity index (χ0) is 18.9. The Morgan fingerprint density at radius 2 is 1.21 bits per heavy atom. The quantitative estimate of drug-likeness (QED) is 0.324. The Morgan fingerprint density at radius 3 is 2.04 bits per heavy atom. The largest absolute Gasteiger partial charge is 0.344 e. The second-order valence-corrected chi connectivity index (χ2v) is 7.13. The summed E-state index contributed by atoms with van der Waals surface area (Å²) in [4.78, 5) is 2.28. The van der Waals surface area contributed by atoms with E-state index < -0.39 is 0 Å². The molecule has 0 spiro atoms. The first kappa shape index (κ1) is 16.6. The lowest BCUT2D eigenvalue weighted by molar-refractivity contribution is 1.23. The zero-order valence-corrected chi connectivity index (χ0v) is 15.8. The summed E-state index contributed by atoms with van der Waals surface area (Å²) in [6.07, 6.45) is 0. The third-order valence-corrected chi connectivity index (χ3v) is 5.47. The summed E-state index contributed by atoms with van der Waals surface area (Å²) >= 11 is 0. The minimum absolute atomic E-state index is 1.19. The molecular formula is C27H21N. The van der Waals surface area contributed by atoms with Gasteiger partial charge in [-0.15, -0.1) is 0 Å². The van der Waals surface area contributed by atoms with Crippen LogP contribution in [0.15, 0.2) is 109 Å². The molecule has 0 N–H and O–H groups in total. The minimum Gasteiger partial charge on any atom is -0.344 e. The van der Waals surface area contributed by atoms with Crippen LogP contribution in [0.4, 0.5) is 11.4 Å². The second-order valence-electron chi connectivity index (χ2n) is 7.13. The molecule has 28 heavy (non-hydrogen) atoms. The standard InChI is InChI=1S/C27H21N/c1-28(23-16-15-20-9-5-6-12-22(20)19-23)27-18-17-24(21-10-3-2-4-11-21)25-13-7-8-14-26(25)27/h2-19H,1H3. The summed E-state index contributed by atoms with van der Waals surface area (Å²) in [5, 5.41) is 5.07. The Hall–Kier alpha value is -3.58. The Balaban J connectivity index is 1.66. The second kappa shape index (κ2) is 6.86. The number of hydrogen-bond donors (Lipinski definition) is 0. The van der Waals surface area contributed by atoms with Crippen molar-refractivity contribution in [3.8, 4) is 11.1 Å². The van der Waals surface area contributed by atoms with Crippen LogP contribution in [-0.4, -0.2) is 7.05 Å². The van der Waals surface area contributed by atoms with E-state index in [1.54, 1.807) is 0 Å². The van der Waals surface area contributed by atoms with Crippen LogP contribution in [0.25, 0.3) is 32.7 Å². The van der Waals surface area contributed by atoms with Crippen molar-refractivity contribution in [3.05, 3.63) is 109 Å². The molecule has 5 rings (SSSR count). The van der Waals surface area contributed by atoms with E-state index in [1.807, 2.05) is 0 Å². The van der Waals surface area contributed by atoms with Crippen molar-refractivity contribution >= 4 is 32.9 Å². The first-order chi connectivity index (χ1) is 13.8. The molecule has 0 atom stereocenters. The van der Waals surface area contributed by atoms with Gasteiger partial charge < -0.3 is 4.90 Å². The lowest BCUT2D eigenvalue weighted by Crippen LogP contribution is -2.10. The molecule has 0 unspecified atom stereocenters. The van der Waals surface area contributed by atoms with Crippen LogP contribution in [0, 0.1) is 0 Å². The van der Waals surface area contributed by atoms with Gasteiger partial charge in [0.25, 0.3) is 0 Å². The van der Waals surface area contributed by atoms with E-state index in [0.717, 1.165) is 0 Å². The number of benzene rings is 5. The zero-order valence-electron chi connectivity index (χ0n) is 15.8. The molecule has 1 heteroatoms. The third kappa shape index (κ3) is 2.82. The van der Waals surface area contributed by atoms with Gasteiger partial charge in [0, 0.05) is 23.8 Å². The topological polar surface area (TPSA) is 3.24 Å². The summed E-state index contributed by atoms with van der Waals surface area (Å²) in [7, 11) is 2.15. The van der Waals surface area contributed by atoms with Gasteiger partial charge in [-0.2, -0.15) is 0 Å². The van der Waals surface area contributed by atoms with Crippen molar-refractivity contribution in [2.24, 2.45) is 0 Å². The number of fused-ring (bicyclic) bond motifs is 2. The molecule has 134 valence electrons. The maximum atomic E-state index is 2.28. The van der Waals surface area contributed by atoms with Gasteiger partial charge >= 0.3 is 0 Å². The van der Waals surface area contributed by atoms with Gasteiger partial charge in [-0.25, -0.2) is 0 Å². The van der Waals surface area contributed by atoms with Crippen LogP contribution in [0.5, 0.6) is 0 Å². The summed E-state index contributed by atoms with van der Waals surface area (Å²) in [6.45, 7) is 0. The molecule has 5 aromatic carbocycles. The monoisotopic (exact) mass is 359 g/mol. The molecule has 0 radical (unpaired) electrons. The number of hydrogen-bond acceptors (Lipinski definition) is 1. The number of rotatable bonds is 3. The molecule has 5 aromatic rings. The summed E-state index contributed by atoms with van der Waals surface area (Å²) in [5.74, 6) is 0. The molecule has 0 amide bonds. The van der Waals surface area contributed by atoms with Gasteiger partial charge in [-0.05, 0) is 45.5 Å². The highest BCUT2D eigenvalue weighted by Crippen LogP contribution is 2.37. The van der Waals surface area contributed by atoms with Crippen LogP contribution >= 0.6 is 0 Å². The third-order valence-electron chi connectivity index (χ3n) is 5.47. The lowest BCUT2D eigenvalue weighted by atomic mass is 9.96. The molecular weight excluding hydrogens is 338 g/mol. The molecule has 1 nitrogen and oxygen atoms in total. The Bertz CT molecular complexity index is 1270. The van der Waals surface area contributed by atoms with E-state index in [2.05, 4.69) is 121 Å². The molecule has 0 fully saturated rings. The number of anilines is 2. The molecule has 0 aliphatic carbocycles. The summed E-state index contributed by atoms with van der Waals surface area (Å²) in [6, 6.07) is 38.9. The van der Waals surface area contributed by atoms with Crippen molar-refractivity contribution < 1.29 is 0 Å². The van der Waals surface area contributed by atoms with Gasteiger partial charge in [-0.1, -0.05) is 91.0 Å². The maximum absolute atomic E-state index is 2.28. The van der Waals surface area contributed by atoms with Gasteiger partial charge in [-0.3, -0.25) is 0 Å². The maximum Gasteiger partial charge on any atom is 0.0488 e. The number of nitrogens with zero attached hydrogens (tertiary/aromatic N) is 1. The van der Waals surface area contributed by atoms with Gasteiger partial charge in [0.2, 0.25) is 0 Å². The molecule has 0 aliphatic rings. The van der Waals surface area contributed by atoms with E-state index in [-0.39, 0.29) is 0 Å². The van der Waals surface area contributed by atoms with E-state index in [0.29, 0.717) is 0 Å². The fraction of sp³-hybridized carbons (Fsp3) is 0.0370. The SMILES string of the molecule is CN(c1ccc2ccccc2c1)c1ccc(-c2ccccc2)c2ccccc12. The van der Waals surface area contributed by atoms with Crippen molar-refractivity contribution in [2.45, 2.75) is 0 Å². The van der Waals surface area contributed by atoms with E-state index in [4.69, 9.17) is 0 Å². The lowest BCUT2D eigenvalue weighted by Gasteiger charge is -2.23. The van der Waals surface area contributed by atoms with Crippen LogP contribution in [0.1, 0.15) is 0 Å². The molecule has 0 saturated heterocycles. The average molecular weight is 359 g/mol. The molecule has 0 saturated carbocycles. The Morgan fingerprint density at radius 1 is 0.536 bits per heavy atom. The van der Waals surface area contributed by atoms with E-state index in [1.165, 1.54) is 44.0 Å². The molecule has 0 aliphatic heterocycles. The first-order valence-corrected chi connectivity index (χ1v) is 9.61. The molecule has 0 bridgehead atoms. The van der Waals surface area contributed by atoms with Crippen LogP contribution in [0.2, 0.25) is 0 Å². The van der Waals surface area contributed by atoms with Gasteiger partial charge in [0.05, 0.1) is 0 Å². The van der Waals surface area contributed by atoms with E-state index in [9.17, 15) is 0 Å². The normalized spacial score (nSPS) is 11.0. The Labute approximate surface area is 165 Å². The highest BCUT2D eigenvalue weighted by Gasteiger charge is 2.12. The highest BCUT2D eigenvalue weighted by molar-refractivity contribution is 6.05. The fourth-order valence-corrected chi connectivity index (χ4v) is 3.97. The van der Waals surface area contributed by atoms with E-state index >= 15 is 0 Å². The van der Waals surface area contributed by atoms with Crippen LogP contribution in [0.3, 0.4) is 0 Å². The van der Waals surface area contributed by atoms with Gasteiger partial charge in [0.1, 0.15) is 0 Å². The predicted molar refractivity (Wildman–Crippen MR) is 121 cm³/mol. The van der Waals surface area contributed by atoms with Crippen molar-refractivity contribution in [1.82, 2.24) is 0 Å².